The fourth-order valence-corrected chi connectivity index (χ4v) is 1.91. The van der Waals surface area contributed by atoms with Crippen LogP contribution in [-0.2, 0) is 0 Å². The molecule has 1 saturated carbocycles. The lowest BCUT2D eigenvalue weighted by Crippen LogP contribution is -1.94. The summed E-state index contributed by atoms with van der Waals surface area (Å²) >= 11 is 7.05. The molecule has 0 aliphatic heterocycles. The molecule has 11 heavy (non-hydrogen) atoms. The van der Waals surface area contributed by atoms with Crippen molar-refractivity contribution in [3.8, 4) is 0 Å². The maximum absolute atomic E-state index is 8.56. The van der Waals surface area contributed by atoms with Gasteiger partial charge in [0.1, 0.15) is 0 Å². The van der Waals surface area contributed by atoms with Gasteiger partial charge >= 0.3 is 6.16 Å². The smallest absolute Gasteiger partial charge is 0.450 e. The number of halogens is 2. The van der Waals surface area contributed by atoms with E-state index >= 15 is 0 Å². The van der Waals surface area contributed by atoms with Crippen LogP contribution in [0.5, 0.6) is 0 Å². The minimum atomic E-state index is -1.83. The molecule has 0 radical (unpaired) electrons. The lowest BCUT2D eigenvalue weighted by atomic mass is 10.2. The molecule has 66 valence electrons. The van der Waals surface area contributed by atoms with E-state index in [1.54, 1.807) is 0 Å². The zero-order chi connectivity index (χ0) is 9.28. The van der Waals surface area contributed by atoms with Crippen LogP contribution in [-0.4, -0.2) is 19.6 Å². The van der Waals surface area contributed by atoms with Crippen LogP contribution in [0.3, 0.4) is 0 Å². The molecule has 5 heteroatoms. The molecule has 0 amide bonds. The highest BCUT2D eigenvalue weighted by atomic mass is 79.9. The van der Waals surface area contributed by atoms with Gasteiger partial charge < -0.3 is 10.2 Å². The molecule has 0 aromatic rings. The summed E-state index contributed by atoms with van der Waals surface area (Å²) in [4.78, 5) is 8.56. The van der Waals surface area contributed by atoms with Crippen molar-refractivity contribution in [1.29, 1.82) is 0 Å². The van der Waals surface area contributed by atoms with Crippen molar-refractivity contribution in [3.63, 3.8) is 0 Å². The molecule has 0 heterocycles. The van der Waals surface area contributed by atoms with E-state index in [1.165, 1.54) is 6.42 Å². The number of alkyl halides is 2. The van der Waals surface area contributed by atoms with Crippen molar-refractivity contribution in [2.45, 2.75) is 23.5 Å². The van der Waals surface area contributed by atoms with Gasteiger partial charge in [-0.2, -0.15) is 0 Å². The molecule has 0 aromatic carbocycles. The predicted molar refractivity (Wildman–Crippen MR) is 49.6 cm³/mol. The number of rotatable bonds is 0. The third-order valence-electron chi connectivity index (χ3n) is 1.53. The quantitative estimate of drug-likeness (QED) is 0.674. The Morgan fingerprint density at radius 3 is 1.45 bits per heavy atom. The highest BCUT2D eigenvalue weighted by molar-refractivity contribution is 9.25. The van der Waals surface area contributed by atoms with Crippen LogP contribution in [0, 0.1) is 5.41 Å². The Bertz CT molecular complexity index is 149. The summed E-state index contributed by atoms with van der Waals surface area (Å²) in [5.74, 6) is 0. The number of hydrogen-bond acceptors (Lipinski definition) is 1. The van der Waals surface area contributed by atoms with E-state index in [1.807, 2.05) is 0 Å². The maximum Gasteiger partial charge on any atom is 0.503 e. The van der Waals surface area contributed by atoms with Crippen LogP contribution in [0.15, 0.2) is 0 Å². The fourth-order valence-electron chi connectivity index (χ4n) is 0.511. The van der Waals surface area contributed by atoms with Gasteiger partial charge in [-0.05, 0) is 11.8 Å². The second kappa shape index (κ2) is 3.31. The molecule has 1 aliphatic carbocycles. The zero-order valence-electron chi connectivity index (χ0n) is 6.27. The molecule has 0 atom stereocenters. The molecule has 0 aromatic heterocycles. The molecular formula is C6H10Br2O3. The normalized spacial score (nSPS) is 22.9. The fraction of sp³-hybridized carbons (Fsp3) is 0.833. The molecular weight excluding hydrogens is 280 g/mol. The topological polar surface area (TPSA) is 57.5 Å². The molecule has 3 nitrogen and oxygen atoms in total. The monoisotopic (exact) mass is 288 g/mol. The van der Waals surface area contributed by atoms with Gasteiger partial charge in [0.25, 0.3) is 0 Å². The summed E-state index contributed by atoms with van der Waals surface area (Å²) in [6, 6.07) is 0. The first-order valence-electron chi connectivity index (χ1n) is 2.99. The van der Waals surface area contributed by atoms with Crippen LogP contribution in [0.2, 0.25) is 0 Å². The Balaban J connectivity index is 0.000000218. The van der Waals surface area contributed by atoms with Gasteiger partial charge in [-0.3, -0.25) is 0 Å². The van der Waals surface area contributed by atoms with Gasteiger partial charge in [-0.25, -0.2) is 4.79 Å². The van der Waals surface area contributed by atoms with Crippen molar-refractivity contribution >= 4 is 38.0 Å². The molecule has 1 fully saturated rings. The van der Waals surface area contributed by atoms with Gasteiger partial charge in [-0.1, -0.05) is 45.7 Å². The molecule has 0 spiro atoms. The second-order valence-electron chi connectivity index (χ2n) is 3.05. The van der Waals surface area contributed by atoms with Crippen molar-refractivity contribution in [2.75, 3.05) is 0 Å². The summed E-state index contributed by atoms with van der Waals surface area (Å²) in [6.45, 7) is 4.47. The van der Waals surface area contributed by atoms with Crippen molar-refractivity contribution in [2.24, 2.45) is 5.41 Å². The van der Waals surface area contributed by atoms with Crippen LogP contribution >= 0.6 is 31.9 Å². The molecule has 0 bridgehead atoms. The molecule has 1 aliphatic rings. The van der Waals surface area contributed by atoms with E-state index in [2.05, 4.69) is 45.7 Å². The average Bonchev–Trinajstić information content (AvgIpc) is 1.98. The Morgan fingerprint density at radius 2 is 1.45 bits per heavy atom. The Hall–Kier alpha value is 0.230. The zero-order valence-corrected chi connectivity index (χ0v) is 9.44. The molecule has 0 unspecified atom stereocenters. The van der Waals surface area contributed by atoms with E-state index < -0.39 is 6.16 Å². The van der Waals surface area contributed by atoms with Gasteiger partial charge in [-0.15, -0.1) is 0 Å². The number of carboxylic acid groups (broad SMARTS) is 2. The lowest BCUT2D eigenvalue weighted by Gasteiger charge is -2.00. The predicted octanol–water partition coefficient (Wildman–Crippen LogP) is 3.12. The number of hydrogen-bond donors (Lipinski definition) is 2. The first-order valence-corrected chi connectivity index (χ1v) is 4.57. The van der Waals surface area contributed by atoms with Crippen LogP contribution in [0.1, 0.15) is 20.3 Å². The first-order chi connectivity index (χ1) is 4.69. The summed E-state index contributed by atoms with van der Waals surface area (Å²) < 4.78 is 0.271. The van der Waals surface area contributed by atoms with E-state index in [9.17, 15) is 0 Å². The standard InChI is InChI=1S/C5H8Br2.CH2O3/c1-4(2)3-5(4,6)7;2-1(3)4/h3H2,1-2H3;(H2,2,3,4). The third kappa shape index (κ3) is 3.96. The minimum Gasteiger partial charge on any atom is -0.450 e. The summed E-state index contributed by atoms with van der Waals surface area (Å²) in [6.07, 6.45) is -0.597. The summed E-state index contributed by atoms with van der Waals surface area (Å²) in [5.41, 5.74) is 0.479. The summed E-state index contributed by atoms with van der Waals surface area (Å²) in [7, 11) is 0. The van der Waals surface area contributed by atoms with Crippen LogP contribution in [0.4, 0.5) is 4.79 Å². The van der Waals surface area contributed by atoms with Crippen molar-refractivity contribution < 1.29 is 15.0 Å². The second-order valence-corrected chi connectivity index (χ2v) is 6.82. The van der Waals surface area contributed by atoms with E-state index in [0.29, 0.717) is 5.41 Å². The Kier molecular flexibility index (Phi) is 3.38. The van der Waals surface area contributed by atoms with Crippen LogP contribution < -0.4 is 0 Å². The largest absolute Gasteiger partial charge is 0.503 e. The minimum absolute atomic E-state index is 0.271. The Morgan fingerprint density at radius 1 is 1.36 bits per heavy atom. The molecule has 0 saturated heterocycles. The number of carbonyl (C=O) groups is 1. The van der Waals surface area contributed by atoms with Gasteiger partial charge in [0.15, 0.2) is 0 Å². The van der Waals surface area contributed by atoms with Crippen molar-refractivity contribution in [3.05, 3.63) is 0 Å². The third-order valence-corrected chi connectivity index (χ3v) is 4.24. The van der Waals surface area contributed by atoms with Gasteiger partial charge in [0.2, 0.25) is 0 Å². The highest BCUT2D eigenvalue weighted by Crippen LogP contribution is 2.65. The van der Waals surface area contributed by atoms with Gasteiger partial charge in [0, 0.05) is 0 Å². The Labute approximate surface area is 82.0 Å². The maximum atomic E-state index is 8.56. The van der Waals surface area contributed by atoms with E-state index in [4.69, 9.17) is 15.0 Å². The average molecular weight is 290 g/mol. The first kappa shape index (κ1) is 11.2. The van der Waals surface area contributed by atoms with Gasteiger partial charge in [0.05, 0.1) is 3.23 Å². The lowest BCUT2D eigenvalue weighted by molar-refractivity contribution is 0.137. The summed E-state index contributed by atoms with van der Waals surface area (Å²) in [5, 5.41) is 13.9. The SMILES string of the molecule is CC1(C)CC1(Br)Br.O=C(O)O. The molecule has 1 rings (SSSR count). The highest BCUT2D eigenvalue weighted by Gasteiger charge is 2.57. The van der Waals surface area contributed by atoms with E-state index in [-0.39, 0.29) is 3.23 Å². The van der Waals surface area contributed by atoms with Crippen molar-refractivity contribution in [1.82, 2.24) is 0 Å². The van der Waals surface area contributed by atoms with E-state index in [0.717, 1.165) is 0 Å². The van der Waals surface area contributed by atoms with Crippen LogP contribution in [0.25, 0.3) is 0 Å². The molecule has 2 N–H and O–H groups in total.